The number of amides is 1. The number of aryl methyl sites for hydroxylation is 1. The lowest BCUT2D eigenvalue weighted by Gasteiger charge is -2.19. The van der Waals surface area contributed by atoms with E-state index in [1.165, 1.54) is 64.2 Å². The van der Waals surface area contributed by atoms with Gasteiger partial charge in [0.15, 0.2) is 4.80 Å². The van der Waals surface area contributed by atoms with Gasteiger partial charge in [-0.15, -0.1) is 13.2 Å². The Morgan fingerprint density at radius 3 is 2.20 bits per heavy atom. The van der Waals surface area contributed by atoms with Gasteiger partial charge in [-0.25, -0.2) is 22.0 Å². The molecule has 0 saturated carbocycles. The molecule has 1 aromatic heterocycles. The summed E-state index contributed by atoms with van der Waals surface area (Å²) in [6.45, 7) is 9.97. The fourth-order valence-corrected chi connectivity index (χ4v) is 6.47. The highest BCUT2D eigenvalue weighted by Gasteiger charge is 2.22. The molecule has 0 atom stereocenters. The summed E-state index contributed by atoms with van der Waals surface area (Å²) in [5.41, 5.74) is 0.954. The van der Waals surface area contributed by atoms with E-state index in [9.17, 15) is 21.6 Å². The Hall–Kier alpha value is -2.90. The number of thiazole rings is 1. The average Bonchev–Trinajstić information content (AvgIpc) is 3.15. The first-order valence-corrected chi connectivity index (χ1v) is 14.4. The molecule has 12 heteroatoms. The number of rotatable bonds is 10. The topological polar surface area (TPSA) is 132 Å². The van der Waals surface area contributed by atoms with Gasteiger partial charge in [-0.05, 0) is 48.9 Å². The number of carbonyl (C=O) groups is 1. The Labute approximate surface area is 208 Å². The molecule has 0 unspecified atom stereocenters. The number of carbonyl (C=O) groups excluding carboxylic acids is 1. The number of hydrogen-bond acceptors (Lipinski definition) is 6. The van der Waals surface area contributed by atoms with Crippen LogP contribution in [0.25, 0.3) is 10.2 Å². The zero-order chi connectivity index (χ0) is 25.8. The van der Waals surface area contributed by atoms with Gasteiger partial charge in [0.2, 0.25) is 20.0 Å². The number of fused-ring (bicyclic) bond motifs is 1. The van der Waals surface area contributed by atoms with Crippen molar-refractivity contribution in [1.29, 1.82) is 0 Å². The predicted molar refractivity (Wildman–Crippen MR) is 137 cm³/mol. The van der Waals surface area contributed by atoms with Crippen LogP contribution in [0.1, 0.15) is 23.7 Å². The van der Waals surface area contributed by atoms with Crippen LogP contribution < -0.4 is 9.94 Å². The van der Waals surface area contributed by atoms with Crippen molar-refractivity contribution in [3.63, 3.8) is 0 Å². The van der Waals surface area contributed by atoms with Gasteiger partial charge in [0.05, 0.1) is 20.0 Å². The molecule has 3 rings (SSSR count). The number of aromatic nitrogens is 1. The van der Waals surface area contributed by atoms with Gasteiger partial charge in [-0.3, -0.25) is 4.79 Å². The minimum atomic E-state index is -3.87. The Kier molecular flexibility index (Phi) is 8.23. The van der Waals surface area contributed by atoms with Crippen LogP contribution in [0.2, 0.25) is 0 Å². The lowest BCUT2D eigenvalue weighted by Crippen LogP contribution is -2.31. The van der Waals surface area contributed by atoms with Crippen LogP contribution in [0.15, 0.2) is 82.6 Å². The van der Waals surface area contributed by atoms with E-state index in [2.05, 4.69) is 18.2 Å². The number of sulfonamides is 2. The number of primary sulfonamides is 1. The van der Waals surface area contributed by atoms with Crippen molar-refractivity contribution in [2.75, 3.05) is 13.1 Å². The van der Waals surface area contributed by atoms with E-state index in [1.807, 2.05) is 11.5 Å². The molecule has 2 N–H and O–H groups in total. The fourth-order valence-electron chi connectivity index (χ4n) is 3.38. The van der Waals surface area contributed by atoms with Gasteiger partial charge < -0.3 is 4.57 Å². The van der Waals surface area contributed by atoms with E-state index in [0.29, 0.717) is 16.0 Å². The molecule has 1 heterocycles. The molecule has 0 saturated heterocycles. The van der Waals surface area contributed by atoms with Gasteiger partial charge in [0.1, 0.15) is 0 Å². The molecular weight excluding hydrogens is 508 g/mol. The molecule has 35 heavy (non-hydrogen) atoms. The zero-order valence-corrected chi connectivity index (χ0v) is 21.6. The van der Waals surface area contributed by atoms with Crippen LogP contribution in [-0.4, -0.2) is 44.7 Å². The van der Waals surface area contributed by atoms with Crippen molar-refractivity contribution < 1.29 is 21.6 Å². The maximum absolute atomic E-state index is 12.9. The van der Waals surface area contributed by atoms with Crippen LogP contribution in [0.5, 0.6) is 0 Å². The Balaban J connectivity index is 2.00. The van der Waals surface area contributed by atoms with E-state index in [4.69, 9.17) is 5.14 Å². The largest absolute Gasteiger partial charge is 0.316 e. The number of benzene rings is 2. The summed E-state index contributed by atoms with van der Waals surface area (Å²) in [5, 5.41) is 5.24. The van der Waals surface area contributed by atoms with Gasteiger partial charge in [0, 0.05) is 25.2 Å². The van der Waals surface area contributed by atoms with E-state index >= 15 is 0 Å². The molecule has 186 valence electrons. The highest BCUT2D eigenvalue weighted by atomic mass is 32.2. The highest BCUT2D eigenvalue weighted by Crippen LogP contribution is 2.22. The minimum absolute atomic E-state index is 0.0217. The summed E-state index contributed by atoms with van der Waals surface area (Å²) in [4.78, 5) is 17.6. The number of nitrogens with zero attached hydrogens (tertiary/aromatic N) is 3. The molecule has 0 radical (unpaired) electrons. The van der Waals surface area contributed by atoms with Crippen molar-refractivity contribution in [2.45, 2.75) is 29.7 Å². The van der Waals surface area contributed by atoms with Gasteiger partial charge in [-0.1, -0.05) is 30.4 Å². The molecule has 0 bridgehead atoms. The van der Waals surface area contributed by atoms with Crippen LogP contribution in [-0.2, 0) is 26.6 Å². The maximum atomic E-state index is 12.9. The Morgan fingerprint density at radius 1 is 1.06 bits per heavy atom. The smallest absolute Gasteiger partial charge is 0.279 e. The summed E-state index contributed by atoms with van der Waals surface area (Å²) in [6.07, 6.45) is 3.74. The lowest BCUT2D eigenvalue weighted by atomic mass is 10.2. The summed E-state index contributed by atoms with van der Waals surface area (Å²) < 4.78 is 52.8. The van der Waals surface area contributed by atoms with Crippen LogP contribution in [0.3, 0.4) is 0 Å². The summed E-state index contributed by atoms with van der Waals surface area (Å²) in [5.74, 6) is -0.550. The van der Waals surface area contributed by atoms with Crippen molar-refractivity contribution in [2.24, 2.45) is 10.1 Å². The lowest BCUT2D eigenvalue weighted by molar-refractivity contribution is 0.0997. The highest BCUT2D eigenvalue weighted by molar-refractivity contribution is 7.89. The van der Waals surface area contributed by atoms with Crippen LogP contribution >= 0.6 is 11.3 Å². The third-order valence-electron chi connectivity index (χ3n) is 5.03. The van der Waals surface area contributed by atoms with E-state index in [1.54, 1.807) is 6.07 Å². The Bertz CT molecular complexity index is 1540. The van der Waals surface area contributed by atoms with Crippen molar-refractivity contribution in [1.82, 2.24) is 8.87 Å². The summed E-state index contributed by atoms with van der Waals surface area (Å²) >= 11 is 1.17. The minimum Gasteiger partial charge on any atom is -0.316 e. The summed E-state index contributed by atoms with van der Waals surface area (Å²) in [6, 6.07) is 10.1. The SMILES string of the molecule is C=CCN(CC=C)S(=O)(=O)c1ccc(C(=O)N=c2sc3cc(S(N)(=O)=O)ccc3n2CCC)cc1. The quantitative estimate of drug-likeness (QED) is 0.400. The first kappa shape index (κ1) is 26.7. The van der Waals surface area contributed by atoms with Gasteiger partial charge in [0.25, 0.3) is 5.91 Å². The van der Waals surface area contributed by atoms with E-state index < -0.39 is 26.0 Å². The monoisotopic (exact) mass is 534 g/mol. The standard InChI is InChI=1S/C23H26N4O5S3/c1-4-13-26(14-5-2)35(31,32)18-9-7-17(8-10-18)22(28)25-23-27(15-6-3)20-12-11-19(34(24,29)30)16-21(20)33-23/h4-5,7-12,16H,1-2,6,13-15H2,3H3,(H2,24,29,30). The molecule has 0 aliphatic carbocycles. The van der Waals surface area contributed by atoms with Crippen LogP contribution in [0, 0.1) is 0 Å². The second-order valence-corrected chi connectivity index (χ2v) is 12.1. The second-order valence-electron chi connectivity index (χ2n) is 7.55. The van der Waals surface area contributed by atoms with Crippen molar-refractivity contribution in [3.8, 4) is 0 Å². The third-order valence-corrected chi connectivity index (χ3v) is 8.83. The predicted octanol–water partition coefficient (Wildman–Crippen LogP) is 2.86. The molecule has 3 aromatic rings. The zero-order valence-electron chi connectivity index (χ0n) is 19.1. The molecule has 0 aliphatic rings. The number of hydrogen-bond donors (Lipinski definition) is 1. The molecule has 0 fully saturated rings. The van der Waals surface area contributed by atoms with Crippen LogP contribution in [0.4, 0.5) is 0 Å². The Morgan fingerprint density at radius 2 is 1.66 bits per heavy atom. The third kappa shape index (κ3) is 5.85. The van der Waals surface area contributed by atoms with Crippen molar-refractivity contribution in [3.05, 3.63) is 78.1 Å². The molecular formula is C23H26N4O5S3. The summed E-state index contributed by atoms with van der Waals surface area (Å²) in [7, 11) is -7.66. The molecule has 2 aromatic carbocycles. The molecule has 9 nitrogen and oxygen atoms in total. The average molecular weight is 535 g/mol. The van der Waals surface area contributed by atoms with E-state index in [0.717, 1.165) is 11.9 Å². The fraction of sp³-hybridized carbons (Fsp3) is 0.217. The molecule has 1 amide bonds. The van der Waals surface area contributed by atoms with Gasteiger partial charge in [-0.2, -0.15) is 9.30 Å². The maximum Gasteiger partial charge on any atom is 0.279 e. The second kappa shape index (κ2) is 10.8. The first-order chi connectivity index (χ1) is 16.5. The van der Waals surface area contributed by atoms with Crippen molar-refractivity contribution >= 4 is 47.5 Å². The van der Waals surface area contributed by atoms with Gasteiger partial charge >= 0.3 is 0 Å². The van der Waals surface area contributed by atoms with E-state index in [-0.39, 0.29) is 28.4 Å². The molecule has 0 aliphatic heterocycles. The normalized spacial score (nSPS) is 12.8. The first-order valence-electron chi connectivity index (χ1n) is 10.6. The number of nitrogens with two attached hydrogens (primary N) is 1. The molecule has 0 spiro atoms.